The second-order valence-electron chi connectivity index (χ2n) is 6.22. The normalized spacial score (nSPS) is 24.2. The molecule has 1 aliphatic heterocycles. The third kappa shape index (κ3) is 2.45. The summed E-state index contributed by atoms with van der Waals surface area (Å²) in [5, 5.41) is 13.7. The molecule has 5 heteroatoms. The molecule has 0 fully saturated rings. The van der Waals surface area contributed by atoms with Crippen LogP contribution in [0.15, 0.2) is 53.0 Å². The van der Waals surface area contributed by atoms with Crippen LogP contribution in [0.3, 0.4) is 0 Å². The van der Waals surface area contributed by atoms with Crippen LogP contribution in [0.5, 0.6) is 0 Å². The smallest absolute Gasteiger partial charge is 0.336 e. The molecule has 0 bridgehead atoms. The van der Waals surface area contributed by atoms with Crippen LogP contribution in [-0.4, -0.2) is 11.1 Å². The lowest BCUT2D eigenvalue weighted by Crippen LogP contribution is -2.30. The fraction of sp³-hybridized carbons (Fsp3) is 0.211. The Morgan fingerprint density at radius 1 is 1.29 bits per heavy atom. The van der Waals surface area contributed by atoms with E-state index in [1.807, 2.05) is 12.1 Å². The molecule has 2 N–H and O–H groups in total. The molecule has 3 atom stereocenters. The number of carboxylic acids is 1. The molecule has 0 saturated heterocycles. The molecule has 0 spiro atoms. The van der Waals surface area contributed by atoms with Crippen molar-refractivity contribution in [2.45, 2.75) is 18.4 Å². The molecule has 0 amide bonds. The van der Waals surface area contributed by atoms with E-state index in [0.29, 0.717) is 10.6 Å². The third-order valence-corrected chi connectivity index (χ3v) is 5.72. The highest BCUT2D eigenvalue weighted by molar-refractivity contribution is 9.10. The molecule has 2 aromatic rings. The van der Waals surface area contributed by atoms with Gasteiger partial charge >= 0.3 is 5.97 Å². The lowest BCUT2D eigenvalue weighted by atomic mass is 9.75. The summed E-state index contributed by atoms with van der Waals surface area (Å²) in [6, 6.07) is 11.6. The zero-order valence-electron chi connectivity index (χ0n) is 12.7. The minimum atomic E-state index is -0.912. The summed E-state index contributed by atoms with van der Waals surface area (Å²) in [6.07, 6.45) is 5.18. The van der Waals surface area contributed by atoms with Crippen LogP contribution in [0.25, 0.3) is 0 Å². The first-order chi connectivity index (χ1) is 11.6. The largest absolute Gasteiger partial charge is 0.478 e. The van der Waals surface area contributed by atoms with Gasteiger partial charge in [-0.25, -0.2) is 4.79 Å². The monoisotopic (exact) mass is 403 g/mol. The topological polar surface area (TPSA) is 49.3 Å². The van der Waals surface area contributed by atoms with Crippen molar-refractivity contribution in [2.24, 2.45) is 5.92 Å². The average Bonchev–Trinajstić information content (AvgIpc) is 3.04. The predicted octanol–water partition coefficient (Wildman–Crippen LogP) is 5.63. The van der Waals surface area contributed by atoms with E-state index in [0.717, 1.165) is 22.1 Å². The molecule has 1 aliphatic carbocycles. The summed E-state index contributed by atoms with van der Waals surface area (Å²) in [4.78, 5) is 11.7. The van der Waals surface area contributed by atoms with Crippen molar-refractivity contribution in [1.82, 2.24) is 0 Å². The van der Waals surface area contributed by atoms with Crippen molar-refractivity contribution in [3.05, 3.63) is 74.7 Å². The number of benzene rings is 2. The van der Waals surface area contributed by atoms with Crippen LogP contribution >= 0.6 is 27.5 Å². The minimum absolute atomic E-state index is 0.0648. The van der Waals surface area contributed by atoms with Crippen LogP contribution in [0.4, 0.5) is 5.69 Å². The van der Waals surface area contributed by atoms with Crippen LogP contribution < -0.4 is 5.32 Å². The van der Waals surface area contributed by atoms with Gasteiger partial charge in [-0.2, -0.15) is 0 Å². The number of allylic oxidation sites excluding steroid dienone is 2. The standard InChI is InChI=1S/C19H15BrClNO2/c20-11-4-1-3-10(9-11)17-13-6-2-5-12(13)16-14(19(23)24)7-8-15(21)18(16)22-17/h1-5,7-9,12-13,17,22H,6H2,(H,23,24)/t12-,13+,17-/m1/s1. The van der Waals surface area contributed by atoms with Gasteiger partial charge in [0.05, 0.1) is 22.3 Å². The van der Waals surface area contributed by atoms with E-state index in [1.165, 1.54) is 5.56 Å². The van der Waals surface area contributed by atoms with E-state index in [1.54, 1.807) is 12.1 Å². The summed E-state index contributed by atoms with van der Waals surface area (Å²) >= 11 is 9.94. The van der Waals surface area contributed by atoms with Crippen LogP contribution in [0, 0.1) is 5.92 Å². The first-order valence-electron chi connectivity index (χ1n) is 7.80. The van der Waals surface area contributed by atoms with E-state index in [9.17, 15) is 9.90 Å². The molecule has 0 radical (unpaired) electrons. The molecule has 2 aromatic carbocycles. The first-order valence-corrected chi connectivity index (χ1v) is 8.97. The van der Waals surface area contributed by atoms with Crippen molar-refractivity contribution in [3.8, 4) is 0 Å². The predicted molar refractivity (Wildman–Crippen MR) is 98.9 cm³/mol. The molecule has 122 valence electrons. The van der Waals surface area contributed by atoms with Gasteiger partial charge in [-0.05, 0) is 47.7 Å². The van der Waals surface area contributed by atoms with Crippen molar-refractivity contribution < 1.29 is 9.90 Å². The lowest BCUT2D eigenvalue weighted by Gasteiger charge is -2.38. The van der Waals surface area contributed by atoms with Gasteiger partial charge in [0.15, 0.2) is 0 Å². The van der Waals surface area contributed by atoms with Crippen molar-refractivity contribution >= 4 is 39.2 Å². The maximum absolute atomic E-state index is 11.7. The van der Waals surface area contributed by atoms with E-state index >= 15 is 0 Å². The zero-order valence-corrected chi connectivity index (χ0v) is 15.0. The number of nitrogens with one attached hydrogen (secondary N) is 1. The minimum Gasteiger partial charge on any atom is -0.478 e. The Hall–Kier alpha value is -1.78. The van der Waals surface area contributed by atoms with Gasteiger partial charge in [-0.15, -0.1) is 0 Å². The van der Waals surface area contributed by atoms with Crippen molar-refractivity contribution in [3.63, 3.8) is 0 Å². The lowest BCUT2D eigenvalue weighted by molar-refractivity contribution is 0.0695. The number of aromatic carboxylic acids is 1. The van der Waals surface area contributed by atoms with Gasteiger partial charge in [0.25, 0.3) is 0 Å². The SMILES string of the molecule is O=C(O)c1ccc(Cl)c2c1[C@@H]1C=CC[C@@H]1[C@@H](c1cccc(Br)c1)N2. The number of rotatable bonds is 2. The molecular formula is C19H15BrClNO2. The molecule has 24 heavy (non-hydrogen) atoms. The van der Waals surface area contributed by atoms with Gasteiger partial charge in [0.1, 0.15) is 0 Å². The summed E-state index contributed by atoms with van der Waals surface area (Å²) in [5.74, 6) is -0.567. The Balaban J connectivity index is 1.88. The Bertz CT molecular complexity index is 864. The molecule has 2 aliphatic rings. The fourth-order valence-electron chi connectivity index (χ4n) is 3.89. The number of fused-ring (bicyclic) bond motifs is 3. The van der Waals surface area contributed by atoms with E-state index in [-0.39, 0.29) is 17.9 Å². The molecule has 3 nitrogen and oxygen atoms in total. The van der Waals surface area contributed by atoms with Crippen molar-refractivity contribution in [2.75, 3.05) is 5.32 Å². The molecule has 1 heterocycles. The molecule has 4 rings (SSSR count). The summed E-state index contributed by atoms with van der Waals surface area (Å²) in [7, 11) is 0. The third-order valence-electron chi connectivity index (χ3n) is 4.91. The van der Waals surface area contributed by atoms with Gasteiger partial charge in [-0.3, -0.25) is 0 Å². The van der Waals surface area contributed by atoms with E-state index in [2.05, 4.69) is 45.5 Å². The first kappa shape index (κ1) is 15.7. The van der Waals surface area contributed by atoms with Crippen LogP contribution in [-0.2, 0) is 0 Å². The number of carbonyl (C=O) groups is 1. The molecule has 0 aromatic heterocycles. The molecular weight excluding hydrogens is 390 g/mol. The van der Waals surface area contributed by atoms with Crippen LogP contribution in [0.2, 0.25) is 5.02 Å². The average molecular weight is 405 g/mol. The van der Waals surface area contributed by atoms with Gasteiger partial charge in [-0.1, -0.05) is 51.8 Å². The van der Waals surface area contributed by atoms with Gasteiger partial charge < -0.3 is 10.4 Å². The number of carboxylic acid groups (broad SMARTS) is 1. The zero-order chi connectivity index (χ0) is 16.8. The number of hydrogen-bond donors (Lipinski definition) is 2. The van der Waals surface area contributed by atoms with Gasteiger partial charge in [0, 0.05) is 10.4 Å². The quantitative estimate of drug-likeness (QED) is 0.638. The maximum Gasteiger partial charge on any atom is 0.336 e. The highest BCUT2D eigenvalue weighted by atomic mass is 79.9. The number of halogens is 2. The highest BCUT2D eigenvalue weighted by Crippen LogP contribution is 2.52. The summed E-state index contributed by atoms with van der Waals surface area (Å²) < 4.78 is 1.03. The Kier molecular flexibility index (Phi) is 3.89. The summed E-state index contributed by atoms with van der Waals surface area (Å²) in [6.45, 7) is 0. The highest BCUT2D eigenvalue weighted by Gasteiger charge is 2.40. The molecule has 0 unspecified atom stereocenters. The Morgan fingerprint density at radius 3 is 2.88 bits per heavy atom. The molecule has 0 saturated carbocycles. The van der Waals surface area contributed by atoms with E-state index < -0.39 is 5.97 Å². The van der Waals surface area contributed by atoms with Crippen molar-refractivity contribution in [1.29, 1.82) is 0 Å². The maximum atomic E-state index is 11.7. The summed E-state index contributed by atoms with van der Waals surface area (Å²) in [5.41, 5.74) is 3.05. The number of anilines is 1. The van der Waals surface area contributed by atoms with Crippen LogP contribution in [0.1, 0.15) is 39.9 Å². The van der Waals surface area contributed by atoms with E-state index in [4.69, 9.17) is 11.6 Å². The second-order valence-corrected chi connectivity index (χ2v) is 7.54. The second kappa shape index (κ2) is 5.94. The Labute approximate surface area is 153 Å². The number of hydrogen-bond acceptors (Lipinski definition) is 2. The fourth-order valence-corrected chi connectivity index (χ4v) is 4.53. The Morgan fingerprint density at radius 2 is 2.12 bits per heavy atom. The van der Waals surface area contributed by atoms with Gasteiger partial charge in [0.2, 0.25) is 0 Å².